The molecule has 4 aliphatic rings. The van der Waals surface area contributed by atoms with E-state index in [2.05, 4.69) is 30.2 Å². The van der Waals surface area contributed by atoms with E-state index in [1.807, 2.05) is 18.2 Å². The van der Waals surface area contributed by atoms with Crippen molar-refractivity contribution in [3.8, 4) is 0 Å². The summed E-state index contributed by atoms with van der Waals surface area (Å²) in [4.78, 5) is 41.4. The van der Waals surface area contributed by atoms with Crippen molar-refractivity contribution >= 4 is 23.6 Å². The van der Waals surface area contributed by atoms with Gasteiger partial charge in [-0.25, -0.2) is 9.18 Å². The Morgan fingerprint density at radius 3 is 2.47 bits per heavy atom. The number of fused-ring (bicyclic) bond motifs is 1. The van der Waals surface area contributed by atoms with Gasteiger partial charge in [-0.15, -0.1) is 0 Å². The molecule has 43 heavy (non-hydrogen) atoms. The van der Waals surface area contributed by atoms with Crippen LogP contribution in [0, 0.1) is 28.5 Å². The number of nitrogens with zero attached hydrogens (tertiary/aromatic N) is 2. The summed E-state index contributed by atoms with van der Waals surface area (Å²) in [6.07, 6.45) is 5.40. The van der Waals surface area contributed by atoms with Crippen LogP contribution in [0.15, 0.2) is 48.1 Å². The van der Waals surface area contributed by atoms with E-state index in [4.69, 9.17) is 14.2 Å². The number of piperazine rings is 1. The van der Waals surface area contributed by atoms with E-state index in [1.165, 1.54) is 25.5 Å². The molecule has 1 aromatic carbocycles. The molecule has 9 heteroatoms. The van der Waals surface area contributed by atoms with E-state index < -0.39 is 5.41 Å². The van der Waals surface area contributed by atoms with Crippen LogP contribution in [0.5, 0.6) is 0 Å². The molecule has 8 nitrogen and oxygen atoms in total. The van der Waals surface area contributed by atoms with Crippen LogP contribution in [-0.4, -0.2) is 74.3 Å². The van der Waals surface area contributed by atoms with Crippen LogP contribution >= 0.6 is 0 Å². The number of ether oxygens (including phenoxy) is 3. The zero-order valence-corrected chi connectivity index (χ0v) is 25.9. The number of hydrogen-bond acceptors (Lipinski definition) is 8. The lowest BCUT2D eigenvalue weighted by molar-refractivity contribution is -0.192. The lowest BCUT2D eigenvalue weighted by atomic mass is 9.45. The first-order chi connectivity index (χ1) is 20.4. The average molecular weight is 597 g/mol. The van der Waals surface area contributed by atoms with E-state index in [-0.39, 0.29) is 66.3 Å². The van der Waals surface area contributed by atoms with Crippen LogP contribution in [0.25, 0.3) is 0 Å². The third-order valence-electron chi connectivity index (χ3n) is 10.7. The minimum absolute atomic E-state index is 0.0880. The van der Waals surface area contributed by atoms with E-state index in [1.54, 1.807) is 6.07 Å². The molecule has 5 rings (SSSR count). The van der Waals surface area contributed by atoms with Gasteiger partial charge in [0.25, 0.3) is 0 Å². The van der Waals surface area contributed by atoms with Gasteiger partial charge in [0.05, 0.1) is 11.3 Å². The molecule has 6 atom stereocenters. The summed E-state index contributed by atoms with van der Waals surface area (Å²) in [6, 6.07) is 6.68. The van der Waals surface area contributed by atoms with Gasteiger partial charge in [-0.3, -0.25) is 14.5 Å². The molecular weight excluding hydrogens is 551 g/mol. The molecule has 3 fully saturated rings. The van der Waals surface area contributed by atoms with Gasteiger partial charge >= 0.3 is 17.9 Å². The quantitative estimate of drug-likeness (QED) is 0.234. The molecule has 0 unspecified atom stereocenters. The number of carbonyl (C=O) groups is 3. The fraction of sp³-hybridized carbons (Fsp3) is 0.618. The number of anilines is 1. The Bertz CT molecular complexity index is 1290. The maximum absolute atomic E-state index is 14.5. The van der Waals surface area contributed by atoms with E-state index >= 15 is 0 Å². The van der Waals surface area contributed by atoms with Crippen molar-refractivity contribution in [2.45, 2.75) is 71.9 Å². The second-order valence-corrected chi connectivity index (χ2v) is 13.2. The third kappa shape index (κ3) is 6.10. The molecule has 0 aromatic heterocycles. The minimum atomic E-state index is -0.560. The van der Waals surface area contributed by atoms with E-state index in [9.17, 15) is 18.8 Å². The number of para-hydroxylation sites is 1. The third-order valence-corrected chi connectivity index (χ3v) is 10.7. The number of rotatable bonds is 8. The second-order valence-electron chi connectivity index (χ2n) is 13.2. The van der Waals surface area contributed by atoms with Gasteiger partial charge in [0.1, 0.15) is 25.1 Å². The Hall–Kier alpha value is -3.20. The summed E-state index contributed by atoms with van der Waals surface area (Å²) in [5, 5.41) is 0. The topological polar surface area (TPSA) is 85.4 Å². The van der Waals surface area contributed by atoms with E-state index in [0.717, 1.165) is 19.3 Å². The number of allylic oxidation sites excluding steroid dienone is 1. The van der Waals surface area contributed by atoms with Crippen LogP contribution < -0.4 is 4.90 Å². The molecular formula is C34H45FN2O6. The number of cyclic esters (lactones) is 1. The summed E-state index contributed by atoms with van der Waals surface area (Å²) >= 11 is 0. The predicted molar refractivity (Wildman–Crippen MR) is 161 cm³/mol. The van der Waals surface area contributed by atoms with Crippen molar-refractivity contribution in [2.75, 3.05) is 44.3 Å². The number of halogens is 1. The van der Waals surface area contributed by atoms with Gasteiger partial charge < -0.3 is 19.1 Å². The molecule has 2 aliphatic carbocycles. The fourth-order valence-electron chi connectivity index (χ4n) is 8.58. The molecule has 0 bridgehead atoms. The molecule has 1 aromatic rings. The second kappa shape index (κ2) is 12.4. The minimum Gasteiger partial charge on any atom is -0.465 e. The molecule has 0 spiro atoms. The van der Waals surface area contributed by atoms with Crippen molar-refractivity contribution < 1.29 is 33.0 Å². The maximum atomic E-state index is 14.5. The molecule has 1 saturated heterocycles. The number of hydrogen-bond donors (Lipinski definition) is 0. The van der Waals surface area contributed by atoms with Crippen LogP contribution in [-0.2, 0) is 28.6 Å². The predicted octanol–water partition coefficient (Wildman–Crippen LogP) is 5.07. The van der Waals surface area contributed by atoms with Crippen LogP contribution in [0.1, 0.15) is 59.8 Å². The van der Waals surface area contributed by atoms with Crippen LogP contribution in [0.2, 0.25) is 0 Å². The molecule has 0 N–H and O–H groups in total. The van der Waals surface area contributed by atoms with Crippen molar-refractivity contribution in [1.29, 1.82) is 0 Å². The first kappa shape index (κ1) is 31.2. The highest BCUT2D eigenvalue weighted by molar-refractivity contribution is 5.91. The largest absolute Gasteiger partial charge is 0.465 e. The monoisotopic (exact) mass is 596 g/mol. The van der Waals surface area contributed by atoms with Gasteiger partial charge in [0.15, 0.2) is 0 Å². The van der Waals surface area contributed by atoms with Gasteiger partial charge in [-0.2, -0.15) is 0 Å². The highest BCUT2D eigenvalue weighted by atomic mass is 19.1. The number of esters is 3. The zero-order valence-electron chi connectivity index (χ0n) is 25.9. The first-order valence-corrected chi connectivity index (χ1v) is 15.5. The van der Waals surface area contributed by atoms with Gasteiger partial charge in [-0.05, 0) is 67.6 Å². The highest BCUT2D eigenvalue weighted by Gasteiger charge is 2.60. The van der Waals surface area contributed by atoms with Crippen LogP contribution in [0.3, 0.4) is 0 Å². The van der Waals surface area contributed by atoms with Gasteiger partial charge in [-0.1, -0.05) is 38.1 Å². The maximum Gasteiger partial charge on any atom is 0.335 e. The van der Waals surface area contributed by atoms with Gasteiger partial charge in [0, 0.05) is 51.5 Å². The lowest BCUT2D eigenvalue weighted by Gasteiger charge is -2.61. The Morgan fingerprint density at radius 2 is 1.84 bits per heavy atom. The summed E-state index contributed by atoms with van der Waals surface area (Å²) in [5.74, 6) is -0.994. The molecule has 0 radical (unpaired) electrons. The molecule has 2 saturated carbocycles. The molecule has 234 valence electrons. The van der Waals surface area contributed by atoms with Crippen molar-refractivity contribution in [3.63, 3.8) is 0 Å². The molecule has 2 heterocycles. The lowest BCUT2D eigenvalue weighted by Crippen LogP contribution is -2.59. The highest BCUT2D eigenvalue weighted by Crippen LogP contribution is 2.63. The summed E-state index contributed by atoms with van der Waals surface area (Å²) in [5.41, 5.74) is 1.69. The average Bonchev–Trinajstić information content (AvgIpc) is 3.39. The van der Waals surface area contributed by atoms with Crippen molar-refractivity contribution in [1.82, 2.24) is 4.90 Å². The molecule has 2 aliphatic heterocycles. The van der Waals surface area contributed by atoms with Crippen molar-refractivity contribution in [2.24, 2.45) is 22.7 Å². The Labute approximate surface area is 254 Å². The fourth-order valence-corrected chi connectivity index (χ4v) is 8.58. The van der Waals surface area contributed by atoms with E-state index in [0.29, 0.717) is 50.3 Å². The summed E-state index contributed by atoms with van der Waals surface area (Å²) in [6.45, 7) is 14.9. The number of carbonyl (C=O) groups excluding carboxylic acids is 3. The first-order valence-electron chi connectivity index (χ1n) is 15.5. The van der Waals surface area contributed by atoms with Crippen molar-refractivity contribution in [3.05, 3.63) is 53.9 Å². The summed E-state index contributed by atoms with van der Waals surface area (Å²) in [7, 11) is 0. The standard InChI is InChI=1S/C34H45FN2O6/c1-22-10-11-30-33(4,14-12-31(43-24(3)39)34(30,5)21-42-23(2)38)26(22)20-29(25-13-19-41-32(25)40)37-17-15-36(16-18-37)28-9-7-6-8-27(28)35/h6-9,13,26,29-31H,1,10-12,14-21H2,2-5H3/t26-,29-,30+,31-,33-,34+/m1/s1. The smallest absolute Gasteiger partial charge is 0.335 e. The number of benzene rings is 1. The Morgan fingerprint density at radius 1 is 1.12 bits per heavy atom. The van der Waals surface area contributed by atoms with Crippen LogP contribution in [0.4, 0.5) is 10.1 Å². The summed E-state index contributed by atoms with van der Waals surface area (Å²) < 4.78 is 31.4. The Balaban J connectivity index is 1.42. The zero-order chi connectivity index (χ0) is 30.9. The SMILES string of the molecule is C=C1CC[C@H]2[C@](C)(CC[C@@H](OC(C)=O)[C@@]2(C)COC(C)=O)[C@@H]1C[C@H](C1=CCOC1=O)N1CCN(c2ccccc2F)CC1. The Kier molecular flexibility index (Phi) is 9.02. The molecule has 0 amide bonds. The normalized spacial score (nSPS) is 32.0. The van der Waals surface area contributed by atoms with Gasteiger partial charge in [0.2, 0.25) is 0 Å².